The summed E-state index contributed by atoms with van der Waals surface area (Å²) in [7, 11) is 0. The van der Waals surface area contributed by atoms with Gasteiger partial charge in [0, 0.05) is 45.1 Å². The second-order valence-electron chi connectivity index (χ2n) is 6.29. The molecule has 130 valence electrons. The van der Waals surface area contributed by atoms with Gasteiger partial charge in [-0.05, 0) is 13.2 Å². The number of carbonyl (C=O) groups is 1. The zero-order valence-corrected chi connectivity index (χ0v) is 15.8. The molecule has 2 rings (SSSR count). The molecule has 24 heavy (non-hydrogen) atoms. The standard InChI is InChI=1S/C18H26N4OS/c1-6-7-8-21-9-11-22(12-10-21)18(23)15-14(4)19-16(13(2)3)20-17(15)24-5/h1,13H,7-12H2,2-5H3. The van der Waals surface area contributed by atoms with Crippen LogP contribution in [0.25, 0.3) is 0 Å². The third kappa shape index (κ3) is 4.28. The van der Waals surface area contributed by atoms with Gasteiger partial charge in [-0.1, -0.05) is 13.8 Å². The van der Waals surface area contributed by atoms with E-state index in [4.69, 9.17) is 6.42 Å². The van der Waals surface area contributed by atoms with Gasteiger partial charge in [0.25, 0.3) is 5.91 Å². The molecule has 0 spiro atoms. The summed E-state index contributed by atoms with van der Waals surface area (Å²) < 4.78 is 0. The van der Waals surface area contributed by atoms with Crippen molar-refractivity contribution in [3.8, 4) is 12.3 Å². The number of thioether (sulfide) groups is 1. The molecule has 0 aromatic carbocycles. The highest BCUT2D eigenvalue weighted by atomic mass is 32.2. The van der Waals surface area contributed by atoms with Gasteiger partial charge in [-0.15, -0.1) is 24.1 Å². The van der Waals surface area contributed by atoms with Crippen molar-refractivity contribution < 1.29 is 4.79 Å². The van der Waals surface area contributed by atoms with Gasteiger partial charge in [0.15, 0.2) is 0 Å². The number of aromatic nitrogens is 2. The molecule has 0 atom stereocenters. The zero-order valence-electron chi connectivity index (χ0n) is 15.0. The first-order valence-corrected chi connectivity index (χ1v) is 9.58. The number of carbonyl (C=O) groups excluding carboxylic acids is 1. The second-order valence-corrected chi connectivity index (χ2v) is 7.09. The Kier molecular flexibility index (Phi) is 6.64. The summed E-state index contributed by atoms with van der Waals surface area (Å²) in [5, 5.41) is 0.783. The topological polar surface area (TPSA) is 49.3 Å². The van der Waals surface area contributed by atoms with Crippen molar-refractivity contribution in [2.45, 2.75) is 38.1 Å². The van der Waals surface area contributed by atoms with Crippen LogP contribution in [0.15, 0.2) is 5.03 Å². The highest BCUT2D eigenvalue weighted by molar-refractivity contribution is 7.98. The summed E-state index contributed by atoms with van der Waals surface area (Å²) in [6.45, 7) is 10.1. The van der Waals surface area contributed by atoms with Gasteiger partial charge in [0.05, 0.1) is 11.3 Å². The molecule has 5 nitrogen and oxygen atoms in total. The van der Waals surface area contributed by atoms with Crippen LogP contribution in [-0.4, -0.2) is 64.7 Å². The molecule has 1 aromatic rings. The molecular weight excluding hydrogens is 320 g/mol. The van der Waals surface area contributed by atoms with Crippen LogP contribution in [0.1, 0.15) is 48.1 Å². The predicted octanol–water partition coefficient (Wildman–Crippen LogP) is 2.41. The Morgan fingerprint density at radius 2 is 1.96 bits per heavy atom. The average Bonchev–Trinajstić information content (AvgIpc) is 2.58. The highest BCUT2D eigenvalue weighted by Crippen LogP contribution is 2.24. The van der Waals surface area contributed by atoms with Gasteiger partial charge < -0.3 is 4.90 Å². The van der Waals surface area contributed by atoms with E-state index in [0.29, 0.717) is 5.56 Å². The van der Waals surface area contributed by atoms with E-state index < -0.39 is 0 Å². The zero-order chi connectivity index (χ0) is 17.7. The Hall–Kier alpha value is -1.58. The van der Waals surface area contributed by atoms with Crippen LogP contribution in [0.2, 0.25) is 0 Å². The number of rotatable bonds is 5. The minimum Gasteiger partial charge on any atom is -0.336 e. The third-order valence-electron chi connectivity index (χ3n) is 4.23. The number of terminal acetylenes is 1. The van der Waals surface area contributed by atoms with Gasteiger partial charge in [-0.2, -0.15) is 0 Å². The van der Waals surface area contributed by atoms with Crippen molar-refractivity contribution in [1.82, 2.24) is 19.8 Å². The molecule has 1 aliphatic heterocycles. The Bertz CT molecular complexity index is 631. The van der Waals surface area contributed by atoms with E-state index in [-0.39, 0.29) is 11.8 Å². The molecule has 6 heteroatoms. The lowest BCUT2D eigenvalue weighted by atomic mass is 10.1. The Balaban J connectivity index is 2.14. The van der Waals surface area contributed by atoms with E-state index in [1.807, 2.05) is 18.1 Å². The molecule has 0 aliphatic carbocycles. The summed E-state index contributed by atoms with van der Waals surface area (Å²) in [5.74, 6) is 3.76. The minimum absolute atomic E-state index is 0.0451. The molecule has 1 aliphatic rings. The molecule has 2 heterocycles. The maximum atomic E-state index is 13.0. The summed E-state index contributed by atoms with van der Waals surface area (Å²) in [4.78, 5) is 26.3. The van der Waals surface area contributed by atoms with E-state index in [9.17, 15) is 4.79 Å². The number of piperazine rings is 1. The highest BCUT2D eigenvalue weighted by Gasteiger charge is 2.26. The first-order valence-electron chi connectivity index (χ1n) is 8.35. The fourth-order valence-electron chi connectivity index (χ4n) is 2.77. The third-order valence-corrected chi connectivity index (χ3v) is 4.91. The number of hydrogen-bond donors (Lipinski definition) is 0. The largest absolute Gasteiger partial charge is 0.336 e. The van der Waals surface area contributed by atoms with Crippen LogP contribution in [0.5, 0.6) is 0 Å². The molecule has 0 saturated carbocycles. The number of aryl methyl sites for hydroxylation is 1. The Labute approximate surface area is 149 Å². The van der Waals surface area contributed by atoms with E-state index in [0.717, 1.165) is 55.7 Å². The lowest BCUT2D eigenvalue weighted by Crippen LogP contribution is -2.49. The van der Waals surface area contributed by atoms with Crippen LogP contribution < -0.4 is 0 Å². The molecule has 0 unspecified atom stereocenters. The van der Waals surface area contributed by atoms with Crippen LogP contribution in [0, 0.1) is 19.3 Å². The minimum atomic E-state index is 0.0451. The normalized spacial score (nSPS) is 15.6. The van der Waals surface area contributed by atoms with E-state index in [2.05, 4.69) is 34.6 Å². The van der Waals surface area contributed by atoms with Crippen molar-refractivity contribution in [1.29, 1.82) is 0 Å². The molecule has 0 bridgehead atoms. The molecule has 1 saturated heterocycles. The van der Waals surface area contributed by atoms with Crippen LogP contribution in [0.3, 0.4) is 0 Å². The smallest absolute Gasteiger partial charge is 0.258 e. The second kappa shape index (κ2) is 8.50. The number of nitrogens with zero attached hydrogens (tertiary/aromatic N) is 4. The summed E-state index contributed by atoms with van der Waals surface area (Å²) in [6, 6.07) is 0. The van der Waals surface area contributed by atoms with Crippen LogP contribution >= 0.6 is 11.8 Å². The summed E-state index contributed by atoms with van der Waals surface area (Å²) in [5.41, 5.74) is 1.43. The van der Waals surface area contributed by atoms with Crippen molar-refractivity contribution >= 4 is 17.7 Å². The van der Waals surface area contributed by atoms with Crippen molar-refractivity contribution in [2.75, 3.05) is 39.0 Å². The summed E-state index contributed by atoms with van der Waals surface area (Å²) >= 11 is 1.51. The van der Waals surface area contributed by atoms with E-state index in [1.165, 1.54) is 11.8 Å². The molecule has 0 N–H and O–H groups in total. The first kappa shape index (κ1) is 18.8. The lowest BCUT2D eigenvalue weighted by molar-refractivity contribution is 0.0634. The molecule has 0 radical (unpaired) electrons. The van der Waals surface area contributed by atoms with E-state index >= 15 is 0 Å². The SMILES string of the molecule is C#CCCN1CCN(C(=O)c2c(C)nc(C(C)C)nc2SC)CC1. The van der Waals surface area contributed by atoms with Crippen LogP contribution in [-0.2, 0) is 0 Å². The monoisotopic (exact) mass is 346 g/mol. The van der Waals surface area contributed by atoms with Crippen molar-refractivity contribution in [2.24, 2.45) is 0 Å². The van der Waals surface area contributed by atoms with Crippen LogP contribution in [0.4, 0.5) is 0 Å². The molecule has 1 aromatic heterocycles. The van der Waals surface area contributed by atoms with Crippen molar-refractivity contribution in [3.63, 3.8) is 0 Å². The summed E-state index contributed by atoms with van der Waals surface area (Å²) in [6.07, 6.45) is 8.04. The lowest BCUT2D eigenvalue weighted by Gasteiger charge is -2.34. The Morgan fingerprint density at radius 3 is 2.50 bits per heavy atom. The molecule has 1 fully saturated rings. The number of amides is 1. The number of hydrogen-bond acceptors (Lipinski definition) is 5. The fourth-order valence-corrected chi connectivity index (χ4v) is 3.40. The fraction of sp³-hybridized carbons (Fsp3) is 0.611. The van der Waals surface area contributed by atoms with Gasteiger partial charge in [0.2, 0.25) is 0 Å². The maximum absolute atomic E-state index is 13.0. The van der Waals surface area contributed by atoms with E-state index in [1.54, 1.807) is 0 Å². The average molecular weight is 347 g/mol. The first-order chi connectivity index (χ1) is 11.5. The molecule has 1 amide bonds. The van der Waals surface area contributed by atoms with Gasteiger partial charge in [-0.25, -0.2) is 9.97 Å². The van der Waals surface area contributed by atoms with Gasteiger partial charge in [-0.3, -0.25) is 9.69 Å². The Morgan fingerprint density at radius 1 is 1.29 bits per heavy atom. The van der Waals surface area contributed by atoms with Gasteiger partial charge >= 0.3 is 0 Å². The van der Waals surface area contributed by atoms with Crippen molar-refractivity contribution in [3.05, 3.63) is 17.1 Å². The maximum Gasteiger partial charge on any atom is 0.258 e. The molecular formula is C18H26N4OS. The van der Waals surface area contributed by atoms with Gasteiger partial charge in [0.1, 0.15) is 10.9 Å². The predicted molar refractivity (Wildman–Crippen MR) is 98.4 cm³/mol. The quantitative estimate of drug-likeness (QED) is 0.465.